The minimum Gasteiger partial charge on any atom is -0.497 e. The summed E-state index contributed by atoms with van der Waals surface area (Å²) < 4.78 is 16.8. The van der Waals surface area contributed by atoms with E-state index in [1.165, 1.54) is 0 Å². The van der Waals surface area contributed by atoms with E-state index in [0.29, 0.717) is 36.8 Å². The number of benzene rings is 1. The van der Waals surface area contributed by atoms with Gasteiger partial charge in [0.05, 0.1) is 26.9 Å². The molecule has 1 aromatic heterocycles. The molecule has 0 saturated carbocycles. The van der Waals surface area contributed by atoms with E-state index >= 15 is 0 Å². The molecule has 0 aliphatic carbocycles. The lowest BCUT2D eigenvalue weighted by atomic mass is 10.2. The van der Waals surface area contributed by atoms with Crippen molar-refractivity contribution in [2.75, 3.05) is 33.9 Å². The van der Waals surface area contributed by atoms with Gasteiger partial charge >= 0.3 is 0 Å². The predicted octanol–water partition coefficient (Wildman–Crippen LogP) is 2.38. The average molecular weight is 428 g/mol. The van der Waals surface area contributed by atoms with Crippen LogP contribution in [0.3, 0.4) is 0 Å². The second kappa shape index (κ2) is 10.3. The number of amides is 2. The Bertz CT molecular complexity index is 881. The molecule has 3 rings (SSSR count). The molecule has 0 N–H and O–H groups in total. The summed E-state index contributed by atoms with van der Waals surface area (Å²) in [5.41, 5.74) is 1.38. The zero-order valence-corrected chi connectivity index (χ0v) is 18.4. The molecule has 8 heteroatoms. The highest BCUT2D eigenvalue weighted by molar-refractivity contribution is 5.96. The summed E-state index contributed by atoms with van der Waals surface area (Å²) in [4.78, 5) is 33.1. The van der Waals surface area contributed by atoms with Gasteiger partial charge in [0.2, 0.25) is 5.91 Å². The number of carbonyl (C=O) groups excluding carboxylic acids is 2. The zero-order chi connectivity index (χ0) is 22.4. The van der Waals surface area contributed by atoms with Crippen LogP contribution in [0.5, 0.6) is 11.5 Å². The molecule has 0 bridgehead atoms. The number of aromatic nitrogens is 1. The fraction of sp³-hybridized carbons (Fsp3) is 0.435. The Morgan fingerprint density at radius 3 is 2.32 bits per heavy atom. The second-order valence-electron chi connectivity index (χ2n) is 7.72. The van der Waals surface area contributed by atoms with Crippen molar-refractivity contribution < 1.29 is 23.8 Å². The molecule has 1 aliphatic rings. The normalized spacial score (nSPS) is 16.9. The van der Waals surface area contributed by atoms with Crippen molar-refractivity contribution in [1.29, 1.82) is 0 Å². The summed E-state index contributed by atoms with van der Waals surface area (Å²) in [6.07, 6.45) is 2.80. The molecule has 2 heterocycles. The molecule has 0 unspecified atom stereocenters. The van der Waals surface area contributed by atoms with Crippen LogP contribution >= 0.6 is 0 Å². The third kappa shape index (κ3) is 5.73. The van der Waals surface area contributed by atoms with Gasteiger partial charge in [-0.15, -0.1) is 0 Å². The smallest absolute Gasteiger partial charge is 0.254 e. The Morgan fingerprint density at radius 2 is 1.74 bits per heavy atom. The Labute approximate surface area is 182 Å². The lowest BCUT2D eigenvalue weighted by Crippen LogP contribution is -2.42. The van der Waals surface area contributed by atoms with Gasteiger partial charge in [-0.1, -0.05) is 0 Å². The van der Waals surface area contributed by atoms with Gasteiger partial charge in [-0.3, -0.25) is 14.6 Å². The minimum atomic E-state index is -0.336. The lowest BCUT2D eigenvalue weighted by molar-refractivity contribution is -0.133. The van der Waals surface area contributed by atoms with Crippen molar-refractivity contribution in [2.24, 2.45) is 0 Å². The predicted molar refractivity (Wildman–Crippen MR) is 115 cm³/mol. The summed E-state index contributed by atoms with van der Waals surface area (Å²) in [5, 5.41) is 0. The molecule has 1 aliphatic heterocycles. The van der Waals surface area contributed by atoms with Crippen LogP contribution in [-0.2, 0) is 16.1 Å². The van der Waals surface area contributed by atoms with Gasteiger partial charge < -0.3 is 24.0 Å². The molecule has 0 spiro atoms. The van der Waals surface area contributed by atoms with E-state index in [0.717, 1.165) is 5.56 Å². The number of hydrogen-bond acceptors (Lipinski definition) is 6. The summed E-state index contributed by atoms with van der Waals surface area (Å²) in [6, 6.07) is 8.86. The van der Waals surface area contributed by atoms with Crippen molar-refractivity contribution in [3.8, 4) is 11.5 Å². The Hall–Kier alpha value is -3.13. The molecule has 8 nitrogen and oxygen atoms in total. The quantitative estimate of drug-likeness (QED) is 0.675. The summed E-state index contributed by atoms with van der Waals surface area (Å²) in [6.45, 7) is 4.97. The molecular formula is C23H29N3O5. The molecule has 1 atom stereocenters. The Balaban J connectivity index is 1.78. The van der Waals surface area contributed by atoms with Gasteiger partial charge in [-0.05, 0) is 43.7 Å². The zero-order valence-electron chi connectivity index (χ0n) is 18.4. The molecule has 1 aromatic carbocycles. The number of hydrogen-bond donors (Lipinski definition) is 0. The highest BCUT2D eigenvalue weighted by Crippen LogP contribution is 2.24. The van der Waals surface area contributed by atoms with Crippen LogP contribution in [0.2, 0.25) is 0 Å². The lowest BCUT2D eigenvalue weighted by Gasteiger charge is -2.27. The highest BCUT2D eigenvalue weighted by Gasteiger charge is 2.32. The van der Waals surface area contributed by atoms with Crippen LogP contribution < -0.4 is 9.47 Å². The van der Waals surface area contributed by atoms with Crippen LogP contribution in [0.15, 0.2) is 42.7 Å². The summed E-state index contributed by atoms with van der Waals surface area (Å²) in [7, 11) is 3.19. The van der Waals surface area contributed by atoms with Crippen LogP contribution in [-0.4, -0.2) is 72.6 Å². The fourth-order valence-electron chi connectivity index (χ4n) is 3.54. The van der Waals surface area contributed by atoms with Crippen molar-refractivity contribution in [3.05, 3.63) is 53.9 Å². The number of methoxy groups -OCH3 is 2. The fourth-order valence-corrected chi connectivity index (χ4v) is 3.54. The number of nitrogens with zero attached hydrogens (tertiary/aromatic N) is 3. The highest BCUT2D eigenvalue weighted by atomic mass is 16.5. The van der Waals surface area contributed by atoms with E-state index in [1.54, 1.807) is 54.6 Å². The van der Waals surface area contributed by atoms with E-state index in [1.807, 2.05) is 26.0 Å². The van der Waals surface area contributed by atoms with Gasteiger partial charge in [-0.25, -0.2) is 0 Å². The molecule has 2 amide bonds. The number of carbonyl (C=O) groups is 2. The standard InChI is InChI=1S/C23H29N3O5/c1-16(2)26-13-21(31-15-17-9-19(29-3)11-20(10-17)30-4)12-25(14-22(26)27)23(28)18-5-7-24-8-6-18/h5-11,16,21H,12-15H2,1-4H3/t21-/m1/s1. The maximum absolute atomic E-state index is 13.0. The van der Waals surface area contributed by atoms with E-state index in [4.69, 9.17) is 14.2 Å². The minimum absolute atomic E-state index is 0.00601. The van der Waals surface area contributed by atoms with Crippen molar-refractivity contribution in [3.63, 3.8) is 0 Å². The molecule has 31 heavy (non-hydrogen) atoms. The first-order valence-electron chi connectivity index (χ1n) is 10.2. The SMILES string of the molecule is COc1cc(CO[C@@H]2CN(C(=O)c3ccncc3)CC(=O)N(C(C)C)C2)cc(OC)c1. The topological polar surface area (TPSA) is 81.2 Å². The maximum Gasteiger partial charge on any atom is 0.254 e. The summed E-state index contributed by atoms with van der Waals surface area (Å²) in [5.74, 6) is 1.05. The van der Waals surface area contributed by atoms with Crippen LogP contribution in [0.4, 0.5) is 0 Å². The largest absolute Gasteiger partial charge is 0.497 e. The first-order valence-corrected chi connectivity index (χ1v) is 10.2. The first-order chi connectivity index (χ1) is 14.9. The molecular weight excluding hydrogens is 398 g/mol. The molecule has 2 aromatic rings. The van der Waals surface area contributed by atoms with Gasteiger partial charge in [-0.2, -0.15) is 0 Å². The Kier molecular flexibility index (Phi) is 7.46. The van der Waals surface area contributed by atoms with Gasteiger partial charge in [0.25, 0.3) is 5.91 Å². The van der Waals surface area contributed by atoms with Gasteiger partial charge in [0.1, 0.15) is 18.0 Å². The average Bonchev–Trinajstić information content (AvgIpc) is 2.96. The second-order valence-corrected chi connectivity index (χ2v) is 7.72. The van der Waals surface area contributed by atoms with E-state index < -0.39 is 0 Å². The van der Waals surface area contributed by atoms with E-state index in [-0.39, 0.29) is 30.5 Å². The Morgan fingerprint density at radius 1 is 1.10 bits per heavy atom. The van der Waals surface area contributed by atoms with Gasteiger partial charge in [0.15, 0.2) is 0 Å². The van der Waals surface area contributed by atoms with Crippen molar-refractivity contribution in [1.82, 2.24) is 14.8 Å². The maximum atomic E-state index is 13.0. The monoisotopic (exact) mass is 427 g/mol. The third-order valence-corrected chi connectivity index (χ3v) is 5.21. The van der Waals surface area contributed by atoms with E-state index in [9.17, 15) is 9.59 Å². The van der Waals surface area contributed by atoms with Crippen LogP contribution in [0, 0.1) is 0 Å². The van der Waals surface area contributed by atoms with Crippen LogP contribution in [0.25, 0.3) is 0 Å². The number of rotatable bonds is 7. The van der Waals surface area contributed by atoms with Crippen molar-refractivity contribution in [2.45, 2.75) is 32.6 Å². The first kappa shape index (κ1) is 22.6. The molecule has 1 saturated heterocycles. The molecule has 0 radical (unpaired) electrons. The summed E-state index contributed by atoms with van der Waals surface area (Å²) >= 11 is 0. The molecule has 1 fully saturated rings. The van der Waals surface area contributed by atoms with Crippen LogP contribution in [0.1, 0.15) is 29.8 Å². The van der Waals surface area contributed by atoms with E-state index in [2.05, 4.69) is 4.98 Å². The van der Waals surface area contributed by atoms with Crippen molar-refractivity contribution >= 4 is 11.8 Å². The number of pyridine rings is 1. The third-order valence-electron chi connectivity index (χ3n) is 5.21. The molecule has 166 valence electrons. The number of ether oxygens (including phenoxy) is 3. The van der Waals surface area contributed by atoms with Gasteiger partial charge in [0, 0.05) is 43.2 Å².